The van der Waals surface area contributed by atoms with Gasteiger partial charge in [-0.2, -0.15) is 0 Å². The van der Waals surface area contributed by atoms with Crippen LogP contribution in [-0.2, 0) is 0 Å². The summed E-state index contributed by atoms with van der Waals surface area (Å²) in [4.78, 5) is 12.8. The number of anilines is 1. The lowest BCUT2D eigenvalue weighted by molar-refractivity contribution is 0.102. The normalized spacial score (nSPS) is 11.9. The van der Waals surface area contributed by atoms with Crippen LogP contribution in [0, 0.1) is 5.92 Å². The molecule has 1 unspecified atom stereocenters. The van der Waals surface area contributed by atoms with Crippen LogP contribution in [0.3, 0.4) is 0 Å². The lowest BCUT2D eigenvalue weighted by atomic mass is 10.1. The Hall–Kier alpha value is -2.01. The minimum absolute atomic E-state index is 0.127. The molecule has 0 spiro atoms. The number of ether oxygens (including phenoxy) is 2. The molecule has 1 amide bonds. The van der Waals surface area contributed by atoms with E-state index in [4.69, 9.17) is 9.47 Å². The van der Waals surface area contributed by atoms with Gasteiger partial charge in [0.1, 0.15) is 11.5 Å². The average Bonchev–Trinajstić information content (AvgIpc) is 2.60. The summed E-state index contributed by atoms with van der Waals surface area (Å²) in [7, 11) is 0. The van der Waals surface area contributed by atoms with Crippen molar-refractivity contribution in [3.05, 3.63) is 52.5 Å². The lowest BCUT2D eigenvalue weighted by Gasteiger charge is -2.15. The van der Waals surface area contributed by atoms with Crippen molar-refractivity contribution in [3.63, 3.8) is 0 Å². The van der Waals surface area contributed by atoms with E-state index < -0.39 is 0 Å². The van der Waals surface area contributed by atoms with Crippen LogP contribution in [0.1, 0.15) is 44.5 Å². The molecule has 0 aromatic heterocycles. The van der Waals surface area contributed by atoms with Gasteiger partial charge in [-0.05, 0) is 49.6 Å². The van der Waals surface area contributed by atoms with Gasteiger partial charge in [0.25, 0.3) is 5.91 Å². The first-order valence-electron chi connectivity index (χ1n) is 8.89. The Kier molecular flexibility index (Phi) is 7.51. The zero-order valence-corrected chi connectivity index (χ0v) is 17.3. The maximum atomic E-state index is 12.8. The van der Waals surface area contributed by atoms with E-state index in [-0.39, 0.29) is 12.0 Å². The standard InChI is InChI=1S/C21H26BrNO3/c1-5-15(4)26-18-8-6-7-17(12-18)23-21(24)19-11-16(22)9-10-20(19)25-13-14(2)3/h6-12,14-15H,5,13H2,1-4H3,(H,23,24). The summed E-state index contributed by atoms with van der Waals surface area (Å²) in [6, 6.07) is 12.9. The Bertz CT molecular complexity index is 746. The largest absolute Gasteiger partial charge is 0.492 e. The third-order valence-corrected chi connectivity index (χ3v) is 4.26. The van der Waals surface area contributed by atoms with Gasteiger partial charge in [0.2, 0.25) is 0 Å². The molecule has 0 fully saturated rings. The third-order valence-electron chi connectivity index (χ3n) is 3.76. The lowest BCUT2D eigenvalue weighted by Crippen LogP contribution is -2.15. The number of hydrogen-bond donors (Lipinski definition) is 1. The first kappa shape index (κ1) is 20.3. The molecule has 4 nitrogen and oxygen atoms in total. The van der Waals surface area contributed by atoms with E-state index in [0.717, 1.165) is 16.6 Å². The van der Waals surface area contributed by atoms with E-state index in [9.17, 15) is 4.79 Å². The fourth-order valence-corrected chi connectivity index (χ4v) is 2.58. The molecule has 2 rings (SSSR count). The van der Waals surface area contributed by atoms with Gasteiger partial charge in [0.15, 0.2) is 0 Å². The number of halogens is 1. The summed E-state index contributed by atoms with van der Waals surface area (Å²) in [5, 5.41) is 2.93. The quantitative estimate of drug-likeness (QED) is 0.577. The number of nitrogens with one attached hydrogen (secondary N) is 1. The molecule has 0 saturated carbocycles. The molecule has 1 N–H and O–H groups in total. The smallest absolute Gasteiger partial charge is 0.259 e. The molecular formula is C21H26BrNO3. The van der Waals surface area contributed by atoms with E-state index in [0.29, 0.717) is 29.5 Å². The van der Waals surface area contributed by atoms with Crippen LogP contribution in [0.5, 0.6) is 11.5 Å². The highest BCUT2D eigenvalue weighted by Crippen LogP contribution is 2.26. The fraction of sp³-hybridized carbons (Fsp3) is 0.381. The van der Waals surface area contributed by atoms with Gasteiger partial charge in [-0.25, -0.2) is 0 Å². The topological polar surface area (TPSA) is 47.6 Å². The van der Waals surface area contributed by atoms with Crippen LogP contribution in [0.15, 0.2) is 46.9 Å². The van der Waals surface area contributed by atoms with Crippen molar-refractivity contribution < 1.29 is 14.3 Å². The number of rotatable bonds is 8. The molecule has 2 aromatic carbocycles. The molecule has 0 bridgehead atoms. The molecule has 0 aliphatic rings. The maximum absolute atomic E-state index is 12.8. The Morgan fingerprint density at radius 1 is 1.15 bits per heavy atom. The van der Waals surface area contributed by atoms with Crippen molar-refractivity contribution >= 4 is 27.5 Å². The van der Waals surface area contributed by atoms with Crippen molar-refractivity contribution in [2.24, 2.45) is 5.92 Å². The van der Waals surface area contributed by atoms with Crippen molar-refractivity contribution in [3.8, 4) is 11.5 Å². The van der Waals surface area contributed by atoms with Crippen molar-refractivity contribution in [1.29, 1.82) is 0 Å². The van der Waals surface area contributed by atoms with Gasteiger partial charge in [-0.3, -0.25) is 4.79 Å². The van der Waals surface area contributed by atoms with E-state index in [1.165, 1.54) is 0 Å². The molecule has 26 heavy (non-hydrogen) atoms. The summed E-state index contributed by atoms with van der Waals surface area (Å²) >= 11 is 3.42. The van der Waals surface area contributed by atoms with Gasteiger partial charge >= 0.3 is 0 Å². The third kappa shape index (κ3) is 6.06. The zero-order valence-electron chi connectivity index (χ0n) is 15.7. The Morgan fingerprint density at radius 2 is 1.92 bits per heavy atom. The number of amides is 1. The van der Waals surface area contributed by atoms with Gasteiger partial charge in [0.05, 0.1) is 18.3 Å². The summed E-state index contributed by atoms with van der Waals surface area (Å²) in [5.41, 5.74) is 1.18. The molecule has 0 saturated heterocycles. The number of carbonyl (C=O) groups is 1. The van der Waals surface area contributed by atoms with Crippen molar-refractivity contribution in [1.82, 2.24) is 0 Å². The number of hydrogen-bond acceptors (Lipinski definition) is 3. The summed E-state index contributed by atoms with van der Waals surface area (Å²) in [6.45, 7) is 8.79. The average molecular weight is 420 g/mol. The van der Waals surface area contributed by atoms with E-state index in [2.05, 4.69) is 42.0 Å². The molecule has 0 heterocycles. The first-order valence-corrected chi connectivity index (χ1v) is 9.68. The maximum Gasteiger partial charge on any atom is 0.259 e. The summed E-state index contributed by atoms with van der Waals surface area (Å²) in [6.07, 6.45) is 1.05. The second kappa shape index (κ2) is 9.62. The molecule has 2 aromatic rings. The first-order chi connectivity index (χ1) is 12.4. The number of benzene rings is 2. The summed E-state index contributed by atoms with van der Waals surface area (Å²) in [5.74, 6) is 1.48. The predicted molar refractivity (Wildman–Crippen MR) is 109 cm³/mol. The van der Waals surface area contributed by atoms with Crippen LogP contribution in [-0.4, -0.2) is 18.6 Å². The Balaban J connectivity index is 2.17. The van der Waals surface area contributed by atoms with Crippen LogP contribution >= 0.6 is 15.9 Å². The minimum atomic E-state index is -0.217. The molecule has 1 atom stereocenters. The van der Waals surface area contributed by atoms with Crippen LogP contribution < -0.4 is 14.8 Å². The van der Waals surface area contributed by atoms with Gasteiger partial charge in [-0.15, -0.1) is 0 Å². The molecule has 0 aliphatic carbocycles. The van der Waals surface area contributed by atoms with Gasteiger partial charge < -0.3 is 14.8 Å². The van der Waals surface area contributed by atoms with Crippen LogP contribution in [0.25, 0.3) is 0 Å². The summed E-state index contributed by atoms with van der Waals surface area (Å²) < 4.78 is 12.4. The highest BCUT2D eigenvalue weighted by molar-refractivity contribution is 9.10. The SMILES string of the molecule is CCC(C)Oc1cccc(NC(=O)c2cc(Br)ccc2OCC(C)C)c1. The Morgan fingerprint density at radius 3 is 2.62 bits per heavy atom. The highest BCUT2D eigenvalue weighted by Gasteiger charge is 2.15. The second-order valence-corrected chi connectivity index (χ2v) is 7.58. The molecule has 5 heteroatoms. The second-order valence-electron chi connectivity index (χ2n) is 6.66. The van der Waals surface area contributed by atoms with Crippen LogP contribution in [0.4, 0.5) is 5.69 Å². The van der Waals surface area contributed by atoms with Crippen LogP contribution in [0.2, 0.25) is 0 Å². The minimum Gasteiger partial charge on any atom is -0.492 e. The molecule has 0 radical (unpaired) electrons. The highest BCUT2D eigenvalue weighted by atomic mass is 79.9. The van der Waals surface area contributed by atoms with E-state index in [1.54, 1.807) is 6.07 Å². The Labute approximate surface area is 164 Å². The predicted octanol–water partition coefficient (Wildman–Crippen LogP) is 5.91. The van der Waals surface area contributed by atoms with E-state index >= 15 is 0 Å². The molecular weight excluding hydrogens is 394 g/mol. The van der Waals surface area contributed by atoms with Crippen molar-refractivity contribution in [2.75, 3.05) is 11.9 Å². The molecule has 140 valence electrons. The monoisotopic (exact) mass is 419 g/mol. The fourth-order valence-electron chi connectivity index (χ4n) is 2.22. The van der Waals surface area contributed by atoms with Gasteiger partial charge in [0, 0.05) is 16.2 Å². The zero-order chi connectivity index (χ0) is 19.1. The van der Waals surface area contributed by atoms with Crippen molar-refractivity contribution in [2.45, 2.75) is 40.2 Å². The molecule has 0 aliphatic heterocycles. The van der Waals surface area contributed by atoms with Gasteiger partial charge in [-0.1, -0.05) is 42.8 Å². The number of carbonyl (C=O) groups excluding carboxylic acids is 1. The van der Waals surface area contributed by atoms with E-state index in [1.807, 2.05) is 43.3 Å².